The molecule has 0 aromatic rings. The van der Waals surface area contributed by atoms with Crippen molar-refractivity contribution in [3.05, 3.63) is 0 Å². The molecule has 0 saturated carbocycles. The molecular formula is C8H20N2O2S. The third kappa shape index (κ3) is 5.23. The first-order valence-corrected chi connectivity index (χ1v) is 6.29. The first-order chi connectivity index (χ1) is 6.04. The van der Waals surface area contributed by atoms with Crippen LogP contribution in [0.3, 0.4) is 0 Å². The van der Waals surface area contributed by atoms with Crippen LogP contribution >= 0.6 is 0 Å². The summed E-state index contributed by atoms with van der Waals surface area (Å²) in [5, 5.41) is 0. The number of sulfonamides is 1. The van der Waals surface area contributed by atoms with Gasteiger partial charge in [0.05, 0.1) is 5.75 Å². The minimum absolute atomic E-state index is 0.223. The highest BCUT2D eigenvalue weighted by Gasteiger charge is 2.15. The largest absolute Gasteiger partial charge is 0.330 e. The van der Waals surface area contributed by atoms with Crippen LogP contribution in [0.1, 0.15) is 26.2 Å². The molecule has 0 aromatic heterocycles. The van der Waals surface area contributed by atoms with Gasteiger partial charge in [-0.2, -0.15) is 0 Å². The normalized spacial score (nSPS) is 12.3. The van der Waals surface area contributed by atoms with E-state index in [1.165, 1.54) is 4.31 Å². The fraction of sp³-hybridized carbons (Fsp3) is 1.00. The summed E-state index contributed by atoms with van der Waals surface area (Å²) in [5.74, 6) is 0.223. The lowest BCUT2D eigenvalue weighted by Gasteiger charge is -2.15. The van der Waals surface area contributed by atoms with Crippen molar-refractivity contribution in [2.75, 3.05) is 25.9 Å². The van der Waals surface area contributed by atoms with Crippen LogP contribution in [0.15, 0.2) is 0 Å². The first kappa shape index (κ1) is 12.9. The van der Waals surface area contributed by atoms with Gasteiger partial charge in [0, 0.05) is 13.6 Å². The van der Waals surface area contributed by atoms with Crippen LogP contribution in [0.4, 0.5) is 0 Å². The molecule has 0 spiro atoms. The Morgan fingerprint density at radius 2 is 1.92 bits per heavy atom. The molecule has 0 heterocycles. The second kappa shape index (κ2) is 6.34. The highest BCUT2D eigenvalue weighted by molar-refractivity contribution is 7.89. The summed E-state index contributed by atoms with van der Waals surface area (Å²) in [6.45, 7) is 3.13. The van der Waals surface area contributed by atoms with E-state index in [1.807, 2.05) is 6.92 Å². The van der Waals surface area contributed by atoms with E-state index in [9.17, 15) is 8.42 Å². The summed E-state index contributed by atoms with van der Waals surface area (Å²) < 4.78 is 24.4. The van der Waals surface area contributed by atoms with E-state index in [4.69, 9.17) is 5.73 Å². The lowest BCUT2D eigenvalue weighted by molar-refractivity contribution is 0.466. The van der Waals surface area contributed by atoms with E-state index in [-0.39, 0.29) is 5.75 Å². The average molecular weight is 208 g/mol. The maximum Gasteiger partial charge on any atom is 0.213 e. The number of unbranched alkanes of at least 4 members (excludes halogenated alkanes) is 1. The molecule has 0 aromatic carbocycles. The summed E-state index contributed by atoms with van der Waals surface area (Å²) in [6, 6.07) is 0. The van der Waals surface area contributed by atoms with Crippen molar-refractivity contribution in [2.24, 2.45) is 5.73 Å². The smallest absolute Gasteiger partial charge is 0.213 e. The first-order valence-electron chi connectivity index (χ1n) is 4.68. The van der Waals surface area contributed by atoms with Crippen molar-refractivity contribution < 1.29 is 8.42 Å². The minimum Gasteiger partial charge on any atom is -0.330 e. The average Bonchev–Trinajstić information content (AvgIpc) is 2.05. The number of hydrogen-bond acceptors (Lipinski definition) is 3. The Bertz CT molecular complexity index is 214. The van der Waals surface area contributed by atoms with E-state index in [1.54, 1.807) is 7.05 Å². The maximum absolute atomic E-state index is 11.5. The zero-order valence-corrected chi connectivity index (χ0v) is 9.31. The monoisotopic (exact) mass is 208 g/mol. The minimum atomic E-state index is -3.02. The molecule has 0 aliphatic rings. The molecule has 0 fully saturated rings. The molecule has 0 rings (SSSR count). The van der Waals surface area contributed by atoms with E-state index in [0.717, 1.165) is 12.8 Å². The molecule has 80 valence electrons. The second-order valence-corrected chi connectivity index (χ2v) is 5.33. The summed E-state index contributed by atoms with van der Waals surface area (Å²) in [4.78, 5) is 0. The molecule has 0 atom stereocenters. The summed E-state index contributed by atoms with van der Waals surface area (Å²) >= 11 is 0. The molecule has 0 unspecified atom stereocenters. The lowest BCUT2D eigenvalue weighted by atomic mass is 10.3. The highest BCUT2D eigenvalue weighted by Crippen LogP contribution is 2.02. The van der Waals surface area contributed by atoms with Gasteiger partial charge in [0.1, 0.15) is 0 Å². The van der Waals surface area contributed by atoms with Gasteiger partial charge in [-0.15, -0.1) is 0 Å². The second-order valence-electron chi connectivity index (χ2n) is 3.13. The van der Waals surface area contributed by atoms with Gasteiger partial charge in [-0.05, 0) is 25.8 Å². The zero-order valence-electron chi connectivity index (χ0n) is 8.49. The SMILES string of the molecule is CCCN(C)S(=O)(=O)CCCCN. The maximum atomic E-state index is 11.5. The number of hydrogen-bond donors (Lipinski definition) is 1. The van der Waals surface area contributed by atoms with Gasteiger partial charge in [0.25, 0.3) is 0 Å². The molecule has 5 heteroatoms. The molecule has 13 heavy (non-hydrogen) atoms. The van der Waals surface area contributed by atoms with Gasteiger partial charge >= 0.3 is 0 Å². The fourth-order valence-corrected chi connectivity index (χ4v) is 2.38. The van der Waals surface area contributed by atoms with Gasteiger partial charge in [-0.25, -0.2) is 12.7 Å². The third-order valence-corrected chi connectivity index (χ3v) is 3.81. The fourth-order valence-electron chi connectivity index (χ4n) is 1.04. The molecular weight excluding hydrogens is 188 g/mol. The standard InChI is InChI=1S/C8H20N2O2S/c1-3-7-10(2)13(11,12)8-5-4-6-9/h3-9H2,1-2H3. The molecule has 0 aliphatic carbocycles. The number of nitrogens with zero attached hydrogens (tertiary/aromatic N) is 1. The van der Waals surface area contributed by atoms with Crippen LogP contribution < -0.4 is 5.73 Å². The van der Waals surface area contributed by atoms with Gasteiger partial charge in [0.2, 0.25) is 10.0 Å². The number of rotatable bonds is 7. The topological polar surface area (TPSA) is 63.4 Å². The Kier molecular flexibility index (Phi) is 6.28. The van der Waals surface area contributed by atoms with Crippen molar-refractivity contribution in [1.29, 1.82) is 0 Å². The van der Waals surface area contributed by atoms with E-state index >= 15 is 0 Å². The zero-order chi connectivity index (χ0) is 10.3. The molecule has 0 radical (unpaired) electrons. The van der Waals surface area contributed by atoms with Crippen molar-refractivity contribution in [1.82, 2.24) is 4.31 Å². The Hall–Kier alpha value is -0.130. The highest BCUT2D eigenvalue weighted by atomic mass is 32.2. The molecule has 0 aliphatic heterocycles. The summed E-state index contributed by atoms with van der Waals surface area (Å²) in [5.41, 5.74) is 5.28. The Morgan fingerprint density at radius 3 is 2.38 bits per heavy atom. The van der Waals surface area contributed by atoms with E-state index < -0.39 is 10.0 Å². The van der Waals surface area contributed by atoms with Crippen LogP contribution in [0.25, 0.3) is 0 Å². The Morgan fingerprint density at radius 1 is 1.31 bits per heavy atom. The predicted molar refractivity (Wildman–Crippen MR) is 55.0 cm³/mol. The van der Waals surface area contributed by atoms with Crippen LogP contribution in [0.2, 0.25) is 0 Å². The van der Waals surface area contributed by atoms with Crippen molar-refractivity contribution >= 4 is 10.0 Å². The van der Waals surface area contributed by atoms with Crippen molar-refractivity contribution in [2.45, 2.75) is 26.2 Å². The van der Waals surface area contributed by atoms with Gasteiger partial charge in [0.15, 0.2) is 0 Å². The van der Waals surface area contributed by atoms with E-state index in [2.05, 4.69) is 0 Å². The Labute approximate surface area is 81.2 Å². The Balaban J connectivity index is 3.92. The van der Waals surface area contributed by atoms with Crippen LogP contribution in [0, 0.1) is 0 Å². The molecule has 2 N–H and O–H groups in total. The number of nitrogens with two attached hydrogens (primary N) is 1. The van der Waals surface area contributed by atoms with Crippen molar-refractivity contribution in [3.8, 4) is 0 Å². The summed E-state index contributed by atoms with van der Waals surface area (Å²) in [7, 11) is -1.39. The quantitative estimate of drug-likeness (QED) is 0.616. The van der Waals surface area contributed by atoms with Gasteiger partial charge in [-0.1, -0.05) is 6.92 Å². The van der Waals surface area contributed by atoms with Gasteiger partial charge in [-0.3, -0.25) is 0 Å². The van der Waals surface area contributed by atoms with E-state index in [0.29, 0.717) is 19.5 Å². The molecule has 0 amide bonds. The lowest BCUT2D eigenvalue weighted by Crippen LogP contribution is -2.30. The van der Waals surface area contributed by atoms with Crippen LogP contribution in [-0.2, 0) is 10.0 Å². The molecule has 0 bridgehead atoms. The summed E-state index contributed by atoms with van der Waals surface area (Å²) in [6.07, 6.45) is 2.29. The molecule has 4 nitrogen and oxygen atoms in total. The molecule has 0 saturated heterocycles. The van der Waals surface area contributed by atoms with Crippen LogP contribution in [-0.4, -0.2) is 38.6 Å². The van der Waals surface area contributed by atoms with Crippen LogP contribution in [0.5, 0.6) is 0 Å². The third-order valence-electron chi connectivity index (χ3n) is 1.87. The van der Waals surface area contributed by atoms with Gasteiger partial charge < -0.3 is 5.73 Å². The van der Waals surface area contributed by atoms with Crippen molar-refractivity contribution in [3.63, 3.8) is 0 Å². The predicted octanol–water partition coefficient (Wildman–Crippen LogP) is 0.397.